The molecule has 0 bridgehead atoms. The number of fused-ring (bicyclic) bond motifs is 1. The smallest absolute Gasteiger partial charge is 0.317 e. The molecule has 2 aromatic carbocycles. The number of primary sulfonamides is 1. The predicted molar refractivity (Wildman–Crippen MR) is 134 cm³/mol. The highest BCUT2D eigenvalue weighted by atomic mass is 79.9. The second-order valence-electron chi connectivity index (χ2n) is 8.19. The second-order valence-corrected chi connectivity index (χ2v) is 12.1. The van der Waals surface area contributed by atoms with E-state index in [0.717, 1.165) is 44.8 Å². The summed E-state index contributed by atoms with van der Waals surface area (Å²) in [5.41, 5.74) is 3.26. The molecule has 33 heavy (non-hydrogen) atoms. The van der Waals surface area contributed by atoms with Crippen LogP contribution >= 0.6 is 15.9 Å². The molecule has 8 nitrogen and oxygen atoms in total. The maximum atomic E-state index is 12.7. The van der Waals surface area contributed by atoms with Crippen LogP contribution in [0.15, 0.2) is 40.9 Å². The molecule has 1 fully saturated rings. The van der Waals surface area contributed by atoms with Gasteiger partial charge in [0.1, 0.15) is 16.2 Å². The molecule has 0 saturated heterocycles. The van der Waals surface area contributed by atoms with E-state index in [1.54, 1.807) is 17.6 Å². The number of amides is 1. The molecule has 4 rings (SSSR count). The molecule has 1 heterocycles. The Morgan fingerprint density at radius 1 is 1.27 bits per heavy atom. The van der Waals surface area contributed by atoms with Crippen molar-refractivity contribution in [2.45, 2.75) is 25.2 Å². The van der Waals surface area contributed by atoms with Gasteiger partial charge in [-0.2, -0.15) is 0 Å². The summed E-state index contributed by atoms with van der Waals surface area (Å²) in [7, 11) is -3.35. The van der Waals surface area contributed by atoms with E-state index in [9.17, 15) is 17.4 Å². The van der Waals surface area contributed by atoms with Crippen molar-refractivity contribution in [3.8, 4) is 0 Å². The lowest BCUT2D eigenvalue weighted by atomic mass is 10.0. The average Bonchev–Trinajstić information content (AvgIpc) is 3.57. The predicted octanol–water partition coefficient (Wildman–Crippen LogP) is 0.796. The average molecular weight is 555 g/mol. The molecule has 2 aromatic rings. The van der Waals surface area contributed by atoms with Crippen LogP contribution in [0.5, 0.6) is 0 Å². The van der Waals surface area contributed by atoms with Crippen molar-refractivity contribution in [1.29, 1.82) is 0 Å². The van der Waals surface area contributed by atoms with E-state index in [4.69, 9.17) is 5.14 Å². The number of nitrogens with zero attached hydrogens (tertiary/aromatic N) is 2. The maximum Gasteiger partial charge on any atom is 0.317 e. The minimum Gasteiger partial charge on any atom is -0.350 e. The quantitative estimate of drug-likeness (QED) is 0.447. The van der Waals surface area contributed by atoms with Crippen LogP contribution in [0, 0.1) is 0 Å². The van der Waals surface area contributed by atoms with E-state index in [1.165, 1.54) is 0 Å². The lowest BCUT2D eigenvalue weighted by molar-refractivity contribution is -0.115. The fourth-order valence-electron chi connectivity index (χ4n) is 4.09. The van der Waals surface area contributed by atoms with E-state index in [-0.39, 0.29) is 18.1 Å². The first-order valence-electron chi connectivity index (χ1n) is 10.6. The van der Waals surface area contributed by atoms with E-state index in [0.29, 0.717) is 18.2 Å². The number of carbonyl (C=O) groups excluding carboxylic acids is 1. The Kier molecular flexibility index (Phi) is 6.77. The molecule has 11 heteroatoms. The molecule has 176 valence electrons. The summed E-state index contributed by atoms with van der Waals surface area (Å²) >= 11 is 3.44. The first-order chi connectivity index (χ1) is 15.6. The number of sulfonamides is 1. The molecule has 1 unspecified atom stereocenters. The maximum absolute atomic E-state index is 12.7. The monoisotopic (exact) mass is 553 g/mol. The molecule has 2 aliphatic rings. The zero-order chi connectivity index (χ0) is 23.9. The van der Waals surface area contributed by atoms with Gasteiger partial charge in [0.15, 0.2) is 0 Å². The summed E-state index contributed by atoms with van der Waals surface area (Å²) in [5.74, 6) is -0.0180. The number of halogens is 1. The molecule has 1 saturated carbocycles. The van der Waals surface area contributed by atoms with Gasteiger partial charge in [0.05, 0.1) is 11.4 Å². The molecule has 0 aromatic heterocycles. The van der Waals surface area contributed by atoms with E-state index in [1.807, 2.05) is 41.0 Å². The van der Waals surface area contributed by atoms with Crippen LogP contribution in [0.25, 0.3) is 5.70 Å². The zero-order valence-electron chi connectivity index (χ0n) is 18.4. The highest BCUT2D eigenvalue weighted by molar-refractivity contribution is 9.10. The third-order valence-electron chi connectivity index (χ3n) is 5.78. The van der Waals surface area contributed by atoms with Gasteiger partial charge in [0.25, 0.3) is 5.70 Å². The summed E-state index contributed by atoms with van der Waals surface area (Å²) in [6.07, 6.45) is 3.91. The lowest BCUT2D eigenvalue weighted by Gasteiger charge is -2.25. The summed E-state index contributed by atoms with van der Waals surface area (Å²) in [5, 5.41) is 9.58. The van der Waals surface area contributed by atoms with Gasteiger partial charge in [-0.05, 0) is 48.9 Å². The first kappa shape index (κ1) is 24.1. The Hall–Kier alpha value is -2.08. The van der Waals surface area contributed by atoms with Gasteiger partial charge in [-0.25, -0.2) is 17.8 Å². The number of nitrogens with one attached hydrogen (secondary N) is 1. The number of likely N-dealkylation sites (N-methyl/N-ethyl adjacent to an activating group) is 1. The molecule has 1 amide bonds. The molecular formula is C22H26BrN4O4S2+. The third-order valence-corrected chi connectivity index (χ3v) is 8.16. The standard InChI is InChI=1S/C22H25BrN4O4S2/c1-25-22(28)21-18-12-17(14-4-5-14)19(26(32(2)29)10-3-11-33(24,30)31)13-20(18)27(21)16-8-6-15(23)7-9-16/h6-9,12-14H,3-5,10-11H2,1-2H3,(H2-,24,25,28,30,31)/p+1. The Labute approximate surface area is 203 Å². The van der Waals surface area contributed by atoms with Crippen molar-refractivity contribution >= 4 is 59.9 Å². The zero-order valence-corrected chi connectivity index (χ0v) is 21.6. The topological polar surface area (TPSA) is 113 Å². The minimum atomic E-state index is -3.60. The Morgan fingerprint density at radius 3 is 2.48 bits per heavy atom. The van der Waals surface area contributed by atoms with Crippen molar-refractivity contribution in [3.05, 3.63) is 57.0 Å². The second kappa shape index (κ2) is 9.28. The van der Waals surface area contributed by atoms with Crippen molar-refractivity contribution in [1.82, 2.24) is 9.89 Å². The SMILES string of the molecule is CNC(=O)C1=c2cc(C3CC3)c(N(CCCS(N)(=O)=O)S(C)=O)cc2=[N+]1c1ccc(Br)cc1. The Balaban J connectivity index is 1.87. The van der Waals surface area contributed by atoms with Crippen molar-refractivity contribution in [2.24, 2.45) is 5.14 Å². The first-order valence-corrected chi connectivity index (χ1v) is 14.6. The van der Waals surface area contributed by atoms with Crippen LogP contribution in [0.3, 0.4) is 0 Å². The molecule has 0 radical (unpaired) electrons. The van der Waals surface area contributed by atoms with Gasteiger partial charge in [-0.1, -0.05) is 15.9 Å². The number of anilines is 1. The summed E-state index contributed by atoms with van der Waals surface area (Å²) in [6, 6.07) is 11.7. The largest absolute Gasteiger partial charge is 0.350 e. The van der Waals surface area contributed by atoms with E-state index >= 15 is 0 Å². The van der Waals surface area contributed by atoms with Gasteiger partial charge in [0, 0.05) is 42.5 Å². The third kappa shape index (κ3) is 5.06. The number of hydrogen-bond donors (Lipinski definition) is 2. The fourth-order valence-corrected chi connectivity index (χ4v) is 5.71. The normalized spacial score (nSPS) is 16.1. The van der Waals surface area contributed by atoms with Gasteiger partial charge in [-0.3, -0.25) is 9.10 Å². The number of rotatable bonds is 9. The van der Waals surface area contributed by atoms with Crippen LogP contribution in [-0.2, 0) is 25.8 Å². The van der Waals surface area contributed by atoms with Crippen molar-refractivity contribution in [2.75, 3.05) is 29.9 Å². The molecule has 1 atom stereocenters. The van der Waals surface area contributed by atoms with Crippen molar-refractivity contribution in [3.63, 3.8) is 0 Å². The van der Waals surface area contributed by atoms with Crippen LogP contribution in [0.2, 0.25) is 0 Å². The summed E-state index contributed by atoms with van der Waals surface area (Å²) < 4.78 is 40.0. The Bertz CT molecular complexity index is 1370. The van der Waals surface area contributed by atoms with Gasteiger partial charge >= 0.3 is 5.91 Å². The number of nitrogens with two attached hydrogens (primary N) is 1. The van der Waals surface area contributed by atoms with Crippen LogP contribution in [0.1, 0.15) is 30.7 Å². The minimum absolute atomic E-state index is 0.177. The van der Waals surface area contributed by atoms with Crippen LogP contribution < -0.4 is 29.9 Å². The Morgan fingerprint density at radius 2 is 1.94 bits per heavy atom. The van der Waals surface area contributed by atoms with E-state index in [2.05, 4.69) is 21.2 Å². The highest BCUT2D eigenvalue weighted by Crippen LogP contribution is 2.44. The molecular weight excluding hydrogens is 528 g/mol. The molecule has 1 aliphatic carbocycles. The van der Waals surface area contributed by atoms with Gasteiger partial charge < -0.3 is 5.32 Å². The van der Waals surface area contributed by atoms with Crippen LogP contribution in [0.4, 0.5) is 11.4 Å². The number of carbonyl (C=O) groups is 1. The highest BCUT2D eigenvalue weighted by Gasteiger charge is 2.38. The molecule has 3 N–H and O–H groups in total. The fraction of sp³-hybridized carbons (Fsp3) is 0.364. The molecule has 1 aliphatic heterocycles. The van der Waals surface area contributed by atoms with Gasteiger partial charge in [-0.15, -0.1) is 4.58 Å². The number of hydrogen-bond acceptors (Lipinski definition) is 4. The van der Waals surface area contributed by atoms with E-state index < -0.39 is 21.0 Å². The summed E-state index contributed by atoms with van der Waals surface area (Å²) in [4.78, 5) is 12.7. The van der Waals surface area contributed by atoms with Gasteiger partial charge in [0.2, 0.25) is 21.1 Å². The molecule has 0 spiro atoms. The lowest BCUT2D eigenvalue weighted by Crippen LogP contribution is -2.54. The van der Waals surface area contributed by atoms with Crippen molar-refractivity contribution < 1.29 is 17.4 Å². The number of benzene rings is 2. The van der Waals surface area contributed by atoms with Crippen LogP contribution in [-0.4, -0.2) is 44.1 Å². The summed E-state index contributed by atoms with van der Waals surface area (Å²) in [6.45, 7) is 0.294.